The zero-order valence-electron chi connectivity index (χ0n) is 10.7. The van der Waals surface area contributed by atoms with E-state index < -0.39 is 36.5 Å². The van der Waals surface area contributed by atoms with Gasteiger partial charge in [-0.15, -0.1) is 5.10 Å². The van der Waals surface area contributed by atoms with Crippen LogP contribution >= 0.6 is 0 Å². The average molecular weight is 308 g/mol. The van der Waals surface area contributed by atoms with Crippen LogP contribution in [0, 0.1) is 0 Å². The molecule has 1 rings (SSSR count). The lowest BCUT2D eigenvalue weighted by atomic mass is 10.2. The summed E-state index contributed by atoms with van der Waals surface area (Å²) >= 11 is 0. The van der Waals surface area contributed by atoms with E-state index in [1.807, 2.05) is 13.8 Å². The second-order valence-corrected chi connectivity index (χ2v) is 7.62. The lowest BCUT2D eigenvalue weighted by Crippen LogP contribution is -2.24. The maximum Gasteiger partial charge on any atom is 0.267 e. The predicted octanol–water partition coefficient (Wildman–Crippen LogP) is -0.941. The van der Waals surface area contributed by atoms with E-state index in [9.17, 15) is 16.8 Å². The minimum absolute atomic E-state index is 0.454. The molecule has 19 heavy (non-hydrogen) atoms. The van der Waals surface area contributed by atoms with E-state index >= 15 is 0 Å². The maximum atomic E-state index is 11.9. The molecule has 0 aliphatic heterocycles. The van der Waals surface area contributed by atoms with Crippen molar-refractivity contribution >= 4 is 19.9 Å². The summed E-state index contributed by atoms with van der Waals surface area (Å²) in [6.07, 6.45) is 1.12. The fourth-order valence-electron chi connectivity index (χ4n) is 1.37. The van der Waals surface area contributed by atoms with Crippen molar-refractivity contribution in [1.82, 2.24) is 15.2 Å². The van der Waals surface area contributed by atoms with Gasteiger partial charge in [-0.2, -0.15) is 5.10 Å². The quantitative estimate of drug-likeness (QED) is 0.716. The summed E-state index contributed by atoms with van der Waals surface area (Å²) in [5.41, 5.74) is 1.18. The third-order valence-electron chi connectivity index (χ3n) is 2.40. The van der Waals surface area contributed by atoms with Crippen LogP contribution in [-0.2, 0) is 32.7 Å². The van der Waals surface area contributed by atoms with Crippen LogP contribution in [0.15, 0.2) is 5.16 Å². The molecule has 0 saturated carbocycles. The molecule has 0 radical (unpaired) electrons. The van der Waals surface area contributed by atoms with Crippen molar-refractivity contribution in [3.63, 3.8) is 0 Å². The van der Waals surface area contributed by atoms with Gasteiger partial charge in [0.1, 0.15) is 0 Å². The number of sulfone groups is 1. The molecule has 0 fully saturated rings. The number of aromatic nitrogens is 3. The Kier molecular flexibility index (Phi) is 4.93. The Bertz CT molecular complexity index is 655. The molecule has 108 valence electrons. The van der Waals surface area contributed by atoms with Crippen molar-refractivity contribution in [1.29, 1.82) is 0 Å². The van der Waals surface area contributed by atoms with E-state index in [1.165, 1.54) is 0 Å². The fraction of sp³-hybridized carbons (Fsp3) is 0.667. The third-order valence-corrected chi connectivity index (χ3v) is 4.91. The molecule has 10 heteroatoms. The summed E-state index contributed by atoms with van der Waals surface area (Å²) in [6.45, 7) is 3.68. The molecule has 1 aromatic heterocycles. The first kappa shape index (κ1) is 15.9. The molecule has 1 heterocycles. The van der Waals surface area contributed by atoms with E-state index in [1.54, 1.807) is 0 Å². The second-order valence-electron chi connectivity index (χ2n) is 3.88. The Morgan fingerprint density at radius 2 is 1.53 bits per heavy atom. The lowest BCUT2D eigenvalue weighted by molar-refractivity contribution is 0.576. The van der Waals surface area contributed by atoms with Gasteiger partial charge in [-0.3, -0.25) is 0 Å². The van der Waals surface area contributed by atoms with Crippen LogP contribution in [0.1, 0.15) is 25.2 Å². The van der Waals surface area contributed by atoms with Crippen LogP contribution in [0.4, 0.5) is 0 Å². The van der Waals surface area contributed by atoms with Gasteiger partial charge in [-0.05, 0) is 12.8 Å². The lowest BCUT2D eigenvalue weighted by Gasteiger charge is -2.06. The summed E-state index contributed by atoms with van der Waals surface area (Å²) < 4.78 is 45.3. The Morgan fingerprint density at radius 1 is 0.947 bits per heavy atom. The zero-order chi connectivity index (χ0) is 14.7. The summed E-state index contributed by atoms with van der Waals surface area (Å²) in [4.78, 5) is 3.94. The average Bonchev–Trinajstić information content (AvgIpc) is 2.35. The highest BCUT2D eigenvalue weighted by Gasteiger charge is 2.22. The molecule has 0 aliphatic carbocycles. The molecule has 0 unspecified atom stereocenters. The van der Waals surface area contributed by atoms with Crippen LogP contribution in [0.5, 0.6) is 0 Å². The van der Waals surface area contributed by atoms with Gasteiger partial charge in [-0.1, -0.05) is 13.8 Å². The van der Waals surface area contributed by atoms with Crippen LogP contribution in [-0.4, -0.2) is 43.5 Å². The summed E-state index contributed by atoms with van der Waals surface area (Å²) in [5, 5.41) is 11.7. The largest absolute Gasteiger partial charge is 0.267 e. The van der Waals surface area contributed by atoms with Gasteiger partial charge in [0.25, 0.3) is 5.16 Å². The van der Waals surface area contributed by atoms with Crippen LogP contribution in [0.3, 0.4) is 0 Å². The number of rotatable bonds is 6. The van der Waals surface area contributed by atoms with Gasteiger partial charge in [-0.25, -0.2) is 27.0 Å². The number of nitrogens with zero attached hydrogens (tertiary/aromatic N) is 3. The van der Waals surface area contributed by atoms with E-state index in [0.29, 0.717) is 24.2 Å². The van der Waals surface area contributed by atoms with Crippen molar-refractivity contribution in [2.24, 2.45) is 5.14 Å². The maximum absolute atomic E-state index is 11.9. The van der Waals surface area contributed by atoms with Crippen LogP contribution in [0.25, 0.3) is 0 Å². The highest BCUT2D eigenvalue weighted by molar-refractivity contribution is 7.94. The van der Waals surface area contributed by atoms with Crippen molar-refractivity contribution in [3.05, 3.63) is 11.4 Å². The zero-order valence-corrected chi connectivity index (χ0v) is 12.3. The molecule has 8 nitrogen and oxygen atoms in total. The molecule has 0 bridgehead atoms. The summed E-state index contributed by atoms with van der Waals surface area (Å²) in [5.74, 6) is -1.32. The number of nitrogens with two attached hydrogens (primary N) is 1. The van der Waals surface area contributed by atoms with E-state index in [-0.39, 0.29) is 0 Å². The molecule has 0 atom stereocenters. The highest BCUT2D eigenvalue weighted by atomic mass is 32.2. The van der Waals surface area contributed by atoms with Crippen molar-refractivity contribution in [2.75, 3.05) is 11.5 Å². The molecular formula is C9H16N4O4S2. The minimum atomic E-state index is -3.89. The molecule has 2 N–H and O–H groups in total. The van der Waals surface area contributed by atoms with Crippen molar-refractivity contribution in [3.8, 4) is 0 Å². The van der Waals surface area contributed by atoms with E-state index in [0.717, 1.165) is 0 Å². The molecule has 1 aromatic rings. The smallest absolute Gasteiger partial charge is 0.229 e. The number of hydrogen-bond acceptors (Lipinski definition) is 7. The fourth-order valence-corrected chi connectivity index (χ4v) is 3.77. The number of aryl methyl sites for hydroxylation is 2. The van der Waals surface area contributed by atoms with E-state index in [4.69, 9.17) is 5.14 Å². The molecule has 0 amide bonds. The number of primary sulfonamides is 1. The first-order valence-corrected chi connectivity index (χ1v) is 9.02. The van der Waals surface area contributed by atoms with Gasteiger partial charge in [0.05, 0.1) is 22.9 Å². The standard InChI is InChI=1S/C9H16N4O4S2/c1-3-7-8(4-2)12-13-9(11-7)18(14,15)5-6-19(10,16)17/h3-6H2,1-2H3,(H2,10,16,17). The van der Waals surface area contributed by atoms with Crippen LogP contribution < -0.4 is 5.14 Å². The summed E-state index contributed by atoms with van der Waals surface area (Å²) in [7, 11) is -7.74. The highest BCUT2D eigenvalue weighted by Crippen LogP contribution is 2.09. The molecule has 0 aromatic carbocycles. The van der Waals surface area contributed by atoms with Crippen molar-refractivity contribution in [2.45, 2.75) is 31.8 Å². The predicted molar refractivity (Wildman–Crippen MR) is 68.6 cm³/mol. The van der Waals surface area contributed by atoms with Gasteiger partial charge >= 0.3 is 0 Å². The Balaban J connectivity index is 3.08. The SMILES string of the molecule is CCc1nnc(S(=O)(=O)CCS(N)(=O)=O)nc1CC. The van der Waals surface area contributed by atoms with Crippen molar-refractivity contribution < 1.29 is 16.8 Å². The first-order chi connectivity index (χ1) is 8.69. The van der Waals surface area contributed by atoms with E-state index in [2.05, 4.69) is 15.2 Å². The molecule has 0 saturated heterocycles. The molecular weight excluding hydrogens is 292 g/mol. The van der Waals surface area contributed by atoms with Gasteiger partial charge in [0.2, 0.25) is 19.9 Å². The van der Waals surface area contributed by atoms with Gasteiger partial charge in [0, 0.05) is 0 Å². The summed E-state index contributed by atoms with van der Waals surface area (Å²) in [6, 6.07) is 0. The Hall–Kier alpha value is -1.13. The number of hydrogen-bond donors (Lipinski definition) is 1. The van der Waals surface area contributed by atoms with Gasteiger partial charge in [0.15, 0.2) is 0 Å². The second kappa shape index (κ2) is 5.88. The minimum Gasteiger partial charge on any atom is -0.229 e. The Morgan fingerprint density at radius 3 is 2.00 bits per heavy atom. The Labute approximate surface area is 112 Å². The van der Waals surface area contributed by atoms with Crippen LogP contribution in [0.2, 0.25) is 0 Å². The normalized spacial score (nSPS) is 12.6. The first-order valence-electron chi connectivity index (χ1n) is 5.65. The topological polar surface area (TPSA) is 133 Å². The molecule has 0 aliphatic rings. The number of sulfonamides is 1. The van der Waals surface area contributed by atoms with Gasteiger partial charge < -0.3 is 0 Å². The third kappa shape index (κ3) is 4.48. The monoisotopic (exact) mass is 308 g/mol. The molecule has 0 spiro atoms.